The first-order valence-electron chi connectivity index (χ1n) is 9.62. The maximum Gasteiger partial charge on any atom is 0.253 e. The second-order valence-electron chi connectivity index (χ2n) is 7.16. The Balaban J connectivity index is 1.46. The van der Waals surface area contributed by atoms with E-state index in [-0.39, 0.29) is 5.91 Å². The minimum absolute atomic E-state index is 0.0526. The van der Waals surface area contributed by atoms with Crippen LogP contribution in [0, 0.1) is 0 Å². The Labute approximate surface area is 159 Å². The number of hydrogen-bond acceptors (Lipinski definition) is 3. The quantitative estimate of drug-likeness (QED) is 0.664. The molecule has 0 spiro atoms. The van der Waals surface area contributed by atoms with Crippen LogP contribution in [0.2, 0.25) is 0 Å². The number of pyridine rings is 1. The van der Waals surface area contributed by atoms with E-state index in [1.54, 1.807) is 6.20 Å². The monoisotopic (exact) mass is 363 g/mol. The molecule has 1 aliphatic heterocycles. The number of amides is 1. The van der Waals surface area contributed by atoms with Crippen LogP contribution in [0.4, 0.5) is 0 Å². The largest absolute Gasteiger partial charge is 0.378 e. The van der Waals surface area contributed by atoms with E-state index in [4.69, 9.17) is 4.74 Å². The van der Waals surface area contributed by atoms with E-state index in [1.165, 1.54) is 0 Å². The van der Waals surface area contributed by atoms with E-state index < -0.39 is 0 Å². The molecule has 0 N–H and O–H groups in total. The van der Waals surface area contributed by atoms with Crippen molar-refractivity contribution in [1.29, 1.82) is 0 Å². The smallest absolute Gasteiger partial charge is 0.253 e. The van der Waals surface area contributed by atoms with Gasteiger partial charge in [0, 0.05) is 31.3 Å². The molecule has 1 atom stereocenters. The van der Waals surface area contributed by atoms with Crippen LogP contribution in [-0.4, -0.2) is 46.7 Å². The van der Waals surface area contributed by atoms with E-state index in [0.717, 1.165) is 55.6 Å². The summed E-state index contributed by atoms with van der Waals surface area (Å²) in [5.74, 6) is 0.0526. The van der Waals surface area contributed by atoms with Gasteiger partial charge in [0.1, 0.15) is 0 Å². The first kappa shape index (κ1) is 17.7. The summed E-state index contributed by atoms with van der Waals surface area (Å²) < 4.78 is 7.56. The summed E-state index contributed by atoms with van der Waals surface area (Å²) in [6.45, 7) is 1.63. The summed E-state index contributed by atoms with van der Waals surface area (Å²) >= 11 is 0. The second-order valence-corrected chi connectivity index (χ2v) is 7.16. The molecule has 5 nitrogen and oxygen atoms in total. The van der Waals surface area contributed by atoms with Gasteiger partial charge < -0.3 is 9.64 Å². The molecule has 0 saturated carbocycles. The molecule has 1 fully saturated rings. The highest BCUT2D eigenvalue weighted by Gasteiger charge is 2.17. The Morgan fingerprint density at radius 3 is 3.00 bits per heavy atom. The number of hydrogen-bond donors (Lipinski definition) is 0. The highest BCUT2D eigenvalue weighted by molar-refractivity contribution is 5.95. The standard InChI is InChI=1S/C22H25N3O2/c1-24(14-4-9-20-10-5-15-27-20)22(26)18-7-2-6-17(16-18)21-11-3-8-19-12-13-23-25(19)21/h2-3,6-8,11-13,16,20H,4-5,9-10,14-15H2,1H3. The van der Waals surface area contributed by atoms with Crippen LogP contribution in [0.15, 0.2) is 54.7 Å². The first-order valence-corrected chi connectivity index (χ1v) is 9.62. The van der Waals surface area contributed by atoms with Gasteiger partial charge in [-0.1, -0.05) is 18.2 Å². The third-order valence-corrected chi connectivity index (χ3v) is 5.22. The molecule has 1 aromatic carbocycles. The molecular formula is C22H25N3O2. The number of rotatable bonds is 6. The van der Waals surface area contributed by atoms with Crippen molar-refractivity contribution in [2.45, 2.75) is 31.8 Å². The fourth-order valence-corrected chi connectivity index (χ4v) is 3.73. The lowest BCUT2D eigenvalue weighted by Gasteiger charge is -2.19. The van der Waals surface area contributed by atoms with Crippen molar-refractivity contribution < 1.29 is 9.53 Å². The number of fused-ring (bicyclic) bond motifs is 1. The Bertz CT molecular complexity index is 928. The lowest BCUT2D eigenvalue weighted by atomic mass is 10.1. The zero-order chi connectivity index (χ0) is 18.6. The Hall–Kier alpha value is -2.66. The molecule has 4 rings (SSSR count). The Morgan fingerprint density at radius 2 is 2.15 bits per heavy atom. The summed E-state index contributed by atoms with van der Waals surface area (Å²) in [5, 5.41) is 4.39. The molecule has 140 valence electrons. The topological polar surface area (TPSA) is 46.8 Å². The SMILES string of the molecule is CN(CCCC1CCCO1)C(=O)c1cccc(-c2cccc3ccnn23)c1. The van der Waals surface area contributed by atoms with Crippen molar-refractivity contribution in [3.63, 3.8) is 0 Å². The Kier molecular flexibility index (Phi) is 5.21. The van der Waals surface area contributed by atoms with Crippen molar-refractivity contribution >= 4 is 11.4 Å². The normalized spacial score (nSPS) is 16.7. The summed E-state index contributed by atoms with van der Waals surface area (Å²) in [7, 11) is 1.87. The van der Waals surface area contributed by atoms with E-state index in [0.29, 0.717) is 11.7 Å². The van der Waals surface area contributed by atoms with Crippen LogP contribution < -0.4 is 0 Å². The van der Waals surface area contributed by atoms with Gasteiger partial charge in [-0.05, 0) is 56.0 Å². The van der Waals surface area contributed by atoms with Crippen LogP contribution in [0.5, 0.6) is 0 Å². The van der Waals surface area contributed by atoms with Gasteiger partial charge in [-0.3, -0.25) is 4.79 Å². The van der Waals surface area contributed by atoms with Crippen molar-refractivity contribution in [3.8, 4) is 11.3 Å². The predicted octanol–water partition coefficient (Wildman–Crippen LogP) is 4.03. The molecule has 27 heavy (non-hydrogen) atoms. The molecule has 1 unspecified atom stereocenters. The van der Waals surface area contributed by atoms with Gasteiger partial charge >= 0.3 is 0 Å². The molecule has 5 heteroatoms. The number of nitrogens with zero attached hydrogens (tertiary/aromatic N) is 3. The maximum atomic E-state index is 12.8. The fraction of sp³-hybridized carbons (Fsp3) is 0.364. The minimum Gasteiger partial charge on any atom is -0.378 e. The second kappa shape index (κ2) is 7.92. The van der Waals surface area contributed by atoms with Crippen LogP contribution in [0.1, 0.15) is 36.0 Å². The van der Waals surface area contributed by atoms with E-state index >= 15 is 0 Å². The molecule has 1 amide bonds. The summed E-state index contributed by atoms with van der Waals surface area (Å²) in [6, 6.07) is 15.8. The zero-order valence-corrected chi connectivity index (χ0v) is 15.7. The predicted molar refractivity (Wildman–Crippen MR) is 106 cm³/mol. The van der Waals surface area contributed by atoms with Gasteiger partial charge in [0.25, 0.3) is 5.91 Å². The molecule has 0 bridgehead atoms. The van der Waals surface area contributed by atoms with Crippen molar-refractivity contribution in [3.05, 3.63) is 60.3 Å². The molecule has 2 aromatic heterocycles. The number of aromatic nitrogens is 2. The van der Waals surface area contributed by atoms with Crippen LogP contribution in [-0.2, 0) is 4.74 Å². The first-order chi connectivity index (χ1) is 13.2. The molecule has 3 aromatic rings. The lowest BCUT2D eigenvalue weighted by molar-refractivity contribution is 0.0763. The van der Waals surface area contributed by atoms with Crippen molar-refractivity contribution in [2.75, 3.05) is 20.2 Å². The highest BCUT2D eigenvalue weighted by Crippen LogP contribution is 2.22. The number of ether oxygens (including phenoxy) is 1. The number of carbonyl (C=O) groups excluding carboxylic acids is 1. The third-order valence-electron chi connectivity index (χ3n) is 5.22. The summed E-state index contributed by atoms with van der Waals surface area (Å²) in [6.07, 6.45) is 6.48. The summed E-state index contributed by atoms with van der Waals surface area (Å²) in [5.41, 5.74) is 3.71. The number of benzene rings is 1. The Morgan fingerprint density at radius 1 is 1.26 bits per heavy atom. The van der Waals surface area contributed by atoms with Crippen molar-refractivity contribution in [1.82, 2.24) is 14.5 Å². The molecular weight excluding hydrogens is 338 g/mol. The van der Waals surface area contributed by atoms with Crippen LogP contribution >= 0.6 is 0 Å². The minimum atomic E-state index is 0.0526. The van der Waals surface area contributed by atoms with E-state index in [2.05, 4.69) is 5.10 Å². The van der Waals surface area contributed by atoms with Gasteiger partial charge in [-0.15, -0.1) is 0 Å². The average Bonchev–Trinajstić information content (AvgIpc) is 3.38. The summed E-state index contributed by atoms with van der Waals surface area (Å²) in [4.78, 5) is 14.6. The highest BCUT2D eigenvalue weighted by atomic mass is 16.5. The van der Waals surface area contributed by atoms with E-state index in [1.807, 2.05) is 65.0 Å². The van der Waals surface area contributed by atoms with E-state index in [9.17, 15) is 4.79 Å². The molecule has 0 radical (unpaired) electrons. The van der Waals surface area contributed by atoms with Crippen LogP contribution in [0.25, 0.3) is 16.8 Å². The molecule has 3 heterocycles. The fourth-order valence-electron chi connectivity index (χ4n) is 3.73. The van der Waals surface area contributed by atoms with Crippen molar-refractivity contribution in [2.24, 2.45) is 0 Å². The van der Waals surface area contributed by atoms with Gasteiger partial charge in [-0.25, -0.2) is 4.52 Å². The lowest BCUT2D eigenvalue weighted by Crippen LogP contribution is -2.28. The van der Waals surface area contributed by atoms with Crippen LogP contribution in [0.3, 0.4) is 0 Å². The third kappa shape index (κ3) is 3.88. The van der Waals surface area contributed by atoms with Gasteiger partial charge in [0.15, 0.2) is 0 Å². The van der Waals surface area contributed by atoms with Gasteiger partial charge in [0.05, 0.1) is 23.5 Å². The molecule has 1 saturated heterocycles. The zero-order valence-electron chi connectivity index (χ0n) is 15.7. The van der Waals surface area contributed by atoms with Gasteiger partial charge in [0.2, 0.25) is 0 Å². The maximum absolute atomic E-state index is 12.8. The van der Waals surface area contributed by atoms with Gasteiger partial charge in [-0.2, -0.15) is 5.10 Å². The number of carbonyl (C=O) groups is 1. The average molecular weight is 363 g/mol. The molecule has 0 aliphatic carbocycles. The molecule has 1 aliphatic rings.